The lowest BCUT2D eigenvalue weighted by Gasteiger charge is -2.40. The number of pyridine rings is 1. The quantitative estimate of drug-likeness (QED) is 0.225. The number of aliphatic carboxylic acids is 1. The average molecular weight is 607 g/mol. The van der Waals surface area contributed by atoms with Gasteiger partial charge in [-0.3, -0.25) is 9.36 Å². The van der Waals surface area contributed by atoms with Crippen LogP contribution in [-0.4, -0.2) is 32.5 Å². The summed E-state index contributed by atoms with van der Waals surface area (Å²) < 4.78 is 45.3. The number of benzene rings is 3. The van der Waals surface area contributed by atoms with Crippen LogP contribution in [0, 0.1) is 0 Å². The molecule has 0 amide bonds. The lowest BCUT2D eigenvalue weighted by molar-refractivity contribution is -0.142. The van der Waals surface area contributed by atoms with Gasteiger partial charge < -0.3 is 5.11 Å². The molecule has 1 fully saturated rings. The fourth-order valence-electron chi connectivity index (χ4n) is 6.67. The molecule has 1 atom stereocenters. The fraction of sp³-hybridized carbons (Fsp3) is 0.353. The van der Waals surface area contributed by atoms with Crippen molar-refractivity contribution < 1.29 is 23.1 Å². The standard InChI is InChI=1S/C34H33F3N2O3S/c1-2-26-28(19-22-12-8-11-21-10-6-7-17-27(21)22)30(23-13-9-14-24(18-23)34(35,36)37)32-39(31(26)40)29(33(41)42)20-38(43-32)25-15-4-3-5-16-25/h6-14,17-18,25,29H,2-5,15-16,19-20H2,1H3,(H,41,42). The van der Waals surface area contributed by atoms with E-state index in [9.17, 15) is 27.9 Å². The number of fused-ring (bicyclic) bond motifs is 2. The van der Waals surface area contributed by atoms with Crippen molar-refractivity contribution in [2.45, 2.75) is 75.2 Å². The minimum atomic E-state index is -4.56. The SMILES string of the molecule is CCc1c(Cc2cccc3ccccc23)c(-c2cccc(C(F)(F)F)c2)c2n(c1=O)C(C(=O)O)CN(C1CCCCC1)S2. The first-order valence-electron chi connectivity index (χ1n) is 14.8. The lowest BCUT2D eigenvalue weighted by Crippen LogP contribution is -2.46. The van der Waals surface area contributed by atoms with E-state index < -0.39 is 23.8 Å². The van der Waals surface area contributed by atoms with Crippen molar-refractivity contribution in [2.24, 2.45) is 0 Å². The second kappa shape index (κ2) is 11.8. The number of carboxylic acid groups (broad SMARTS) is 1. The molecular formula is C34H33F3N2O3S. The van der Waals surface area contributed by atoms with E-state index >= 15 is 0 Å². The molecule has 2 heterocycles. The van der Waals surface area contributed by atoms with Gasteiger partial charge in [0.2, 0.25) is 0 Å². The smallest absolute Gasteiger partial charge is 0.416 e. The van der Waals surface area contributed by atoms with Crippen molar-refractivity contribution in [1.82, 2.24) is 8.87 Å². The Morgan fingerprint density at radius 2 is 1.70 bits per heavy atom. The summed E-state index contributed by atoms with van der Waals surface area (Å²) in [6.45, 7) is 2.00. The largest absolute Gasteiger partial charge is 0.480 e. The molecule has 0 radical (unpaired) electrons. The van der Waals surface area contributed by atoms with Crippen LogP contribution in [0.5, 0.6) is 0 Å². The molecule has 43 heavy (non-hydrogen) atoms. The van der Waals surface area contributed by atoms with Crippen molar-refractivity contribution in [3.63, 3.8) is 0 Å². The molecular weight excluding hydrogens is 573 g/mol. The Labute approximate surface area is 252 Å². The van der Waals surface area contributed by atoms with Gasteiger partial charge in [0.25, 0.3) is 5.56 Å². The zero-order chi connectivity index (χ0) is 30.3. The van der Waals surface area contributed by atoms with Crippen LogP contribution in [0.1, 0.15) is 67.3 Å². The van der Waals surface area contributed by atoms with E-state index in [1.807, 2.05) is 49.4 Å². The zero-order valence-corrected chi connectivity index (χ0v) is 24.7. The lowest BCUT2D eigenvalue weighted by atomic mass is 9.89. The molecule has 224 valence electrons. The van der Waals surface area contributed by atoms with Crippen LogP contribution in [0.25, 0.3) is 21.9 Å². The summed E-state index contributed by atoms with van der Waals surface area (Å²) in [7, 11) is 0. The summed E-state index contributed by atoms with van der Waals surface area (Å²) in [4.78, 5) is 26.9. The second-order valence-corrected chi connectivity index (χ2v) is 12.4. The third-order valence-corrected chi connectivity index (χ3v) is 10.0. The molecule has 5 nitrogen and oxygen atoms in total. The molecule has 1 aliphatic carbocycles. The minimum absolute atomic E-state index is 0.131. The second-order valence-electron chi connectivity index (χ2n) is 11.4. The Hall–Kier alpha value is -3.56. The Morgan fingerprint density at radius 1 is 0.977 bits per heavy atom. The van der Waals surface area contributed by atoms with E-state index in [1.54, 1.807) is 6.07 Å². The fourth-order valence-corrected chi connectivity index (χ4v) is 8.10. The molecule has 4 aromatic rings. The van der Waals surface area contributed by atoms with E-state index in [-0.39, 0.29) is 18.1 Å². The Kier molecular flexibility index (Phi) is 8.13. The van der Waals surface area contributed by atoms with Crippen LogP contribution in [0.2, 0.25) is 0 Å². The first-order valence-corrected chi connectivity index (χ1v) is 15.6. The molecule has 0 saturated heterocycles. The van der Waals surface area contributed by atoms with Crippen LogP contribution < -0.4 is 5.56 Å². The summed E-state index contributed by atoms with van der Waals surface area (Å²) in [6.07, 6.45) is 1.10. The van der Waals surface area contributed by atoms with Crippen molar-refractivity contribution in [1.29, 1.82) is 0 Å². The maximum atomic E-state index is 14.2. The van der Waals surface area contributed by atoms with Gasteiger partial charge in [-0.15, -0.1) is 0 Å². The number of nitrogens with zero attached hydrogens (tertiary/aromatic N) is 2. The number of alkyl halides is 3. The van der Waals surface area contributed by atoms with E-state index in [0.717, 1.165) is 60.6 Å². The molecule has 1 aliphatic heterocycles. The van der Waals surface area contributed by atoms with Crippen molar-refractivity contribution in [2.75, 3.05) is 6.54 Å². The van der Waals surface area contributed by atoms with Gasteiger partial charge in [-0.2, -0.15) is 13.2 Å². The maximum absolute atomic E-state index is 14.2. The third-order valence-electron chi connectivity index (χ3n) is 8.79. The maximum Gasteiger partial charge on any atom is 0.416 e. The summed E-state index contributed by atoms with van der Waals surface area (Å²) >= 11 is 1.33. The Bertz CT molecular complexity index is 1740. The number of carbonyl (C=O) groups is 1. The van der Waals surface area contributed by atoms with Crippen LogP contribution in [0.15, 0.2) is 76.6 Å². The topological polar surface area (TPSA) is 62.5 Å². The van der Waals surface area contributed by atoms with Crippen molar-refractivity contribution in [3.05, 3.63) is 99.3 Å². The number of hydrogen-bond donors (Lipinski definition) is 1. The summed E-state index contributed by atoms with van der Waals surface area (Å²) in [5.41, 5.74) is 1.69. The highest BCUT2D eigenvalue weighted by atomic mass is 32.2. The van der Waals surface area contributed by atoms with Crippen molar-refractivity contribution >= 4 is 28.7 Å². The van der Waals surface area contributed by atoms with Gasteiger partial charge in [0.15, 0.2) is 0 Å². The Balaban J connectivity index is 1.65. The first-order chi connectivity index (χ1) is 20.7. The van der Waals surface area contributed by atoms with Gasteiger partial charge >= 0.3 is 12.1 Å². The predicted molar refractivity (Wildman–Crippen MR) is 163 cm³/mol. The van der Waals surface area contributed by atoms with Gasteiger partial charge in [-0.25, -0.2) is 9.10 Å². The van der Waals surface area contributed by atoms with E-state index in [0.29, 0.717) is 40.1 Å². The van der Waals surface area contributed by atoms with Gasteiger partial charge in [-0.05, 0) is 77.2 Å². The highest BCUT2D eigenvalue weighted by molar-refractivity contribution is 7.97. The van der Waals surface area contributed by atoms with Crippen molar-refractivity contribution in [3.8, 4) is 11.1 Å². The van der Waals surface area contributed by atoms with E-state index in [2.05, 4.69) is 4.31 Å². The average Bonchev–Trinajstić information content (AvgIpc) is 3.01. The van der Waals surface area contributed by atoms with E-state index in [4.69, 9.17) is 0 Å². The molecule has 1 aromatic heterocycles. The molecule has 1 unspecified atom stereocenters. The van der Waals surface area contributed by atoms with Gasteiger partial charge in [0.05, 0.1) is 5.56 Å². The van der Waals surface area contributed by atoms with Crippen LogP contribution in [-0.2, 0) is 23.8 Å². The van der Waals surface area contributed by atoms with E-state index in [1.165, 1.54) is 22.6 Å². The zero-order valence-electron chi connectivity index (χ0n) is 23.9. The number of halogens is 3. The van der Waals surface area contributed by atoms with Crippen LogP contribution >= 0.6 is 11.9 Å². The molecule has 3 aromatic carbocycles. The third kappa shape index (κ3) is 5.60. The first kappa shape index (κ1) is 29.5. The molecule has 0 bridgehead atoms. The molecule has 0 spiro atoms. The van der Waals surface area contributed by atoms with Crippen LogP contribution in [0.4, 0.5) is 13.2 Å². The molecule has 1 N–H and O–H groups in total. The van der Waals surface area contributed by atoms with Gasteiger partial charge in [0, 0.05) is 23.7 Å². The summed E-state index contributed by atoms with van der Waals surface area (Å²) in [6, 6.07) is 18.0. The molecule has 2 aliphatic rings. The van der Waals surface area contributed by atoms with Gasteiger partial charge in [-0.1, -0.05) is 80.8 Å². The highest BCUT2D eigenvalue weighted by Crippen LogP contribution is 2.45. The number of rotatable bonds is 6. The summed E-state index contributed by atoms with van der Waals surface area (Å²) in [5, 5.41) is 12.8. The number of hydrogen-bond acceptors (Lipinski definition) is 4. The predicted octanol–water partition coefficient (Wildman–Crippen LogP) is 8.12. The highest BCUT2D eigenvalue weighted by Gasteiger charge is 2.39. The van der Waals surface area contributed by atoms with Gasteiger partial charge in [0.1, 0.15) is 11.1 Å². The number of aromatic nitrogens is 1. The summed E-state index contributed by atoms with van der Waals surface area (Å²) in [5.74, 6) is -1.12. The Morgan fingerprint density at radius 3 is 2.42 bits per heavy atom. The van der Waals surface area contributed by atoms with Crippen LogP contribution in [0.3, 0.4) is 0 Å². The monoisotopic (exact) mass is 606 g/mol. The minimum Gasteiger partial charge on any atom is -0.480 e. The normalized spacial score (nSPS) is 18.1. The molecule has 1 saturated carbocycles. The number of carboxylic acids is 1. The molecule has 9 heteroatoms. The molecule has 6 rings (SSSR count).